The van der Waals surface area contributed by atoms with E-state index < -0.39 is 29.5 Å². The molecule has 0 aromatic heterocycles. The number of carbonyl (C=O) groups is 3. The molecule has 6 nitrogen and oxygen atoms in total. The van der Waals surface area contributed by atoms with Gasteiger partial charge >= 0.3 is 11.9 Å². The SMILES string of the molecule is CC(C)C(NC(=O)/C=C\C(=O)O)C(=O)OC(C)(C)C. The first-order chi connectivity index (χ1) is 8.53. The first-order valence-electron chi connectivity index (χ1n) is 5.97. The van der Waals surface area contributed by atoms with Gasteiger partial charge in [-0.15, -0.1) is 0 Å². The van der Waals surface area contributed by atoms with Gasteiger partial charge in [-0.25, -0.2) is 9.59 Å². The molecule has 0 fully saturated rings. The normalized spacial score (nSPS) is 13.4. The number of ether oxygens (including phenoxy) is 1. The van der Waals surface area contributed by atoms with Crippen molar-refractivity contribution < 1.29 is 24.2 Å². The van der Waals surface area contributed by atoms with Crippen molar-refractivity contribution in [1.82, 2.24) is 5.32 Å². The van der Waals surface area contributed by atoms with Crippen molar-refractivity contribution in [2.75, 3.05) is 0 Å². The van der Waals surface area contributed by atoms with E-state index in [9.17, 15) is 14.4 Å². The first kappa shape index (κ1) is 17.2. The highest BCUT2D eigenvalue weighted by molar-refractivity contribution is 5.96. The Morgan fingerprint density at radius 1 is 1.16 bits per heavy atom. The minimum Gasteiger partial charge on any atom is -0.478 e. The first-order valence-corrected chi connectivity index (χ1v) is 5.97. The van der Waals surface area contributed by atoms with Crippen LogP contribution in [0.5, 0.6) is 0 Å². The molecule has 2 N–H and O–H groups in total. The van der Waals surface area contributed by atoms with Gasteiger partial charge < -0.3 is 15.2 Å². The topological polar surface area (TPSA) is 92.7 Å². The van der Waals surface area contributed by atoms with Gasteiger partial charge in [-0.3, -0.25) is 4.79 Å². The summed E-state index contributed by atoms with van der Waals surface area (Å²) in [6.45, 7) is 8.71. The van der Waals surface area contributed by atoms with Crippen LogP contribution in [-0.2, 0) is 19.1 Å². The number of amides is 1. The lowest BCUT2D eigenvalue weighted by molar-refractivity contribution is -0.159. The minimum atomic E-state index is -1.23. The van der Waals surface area contributed by atoms with Gasteiger partial charge in [0.15, 0.2) is 0 Å². The molecule has 0 saturated heterocycles. The molecule has 0 aliphatic carbocycles. The number of rotatable bonds is 5. The molecule has 0 saturated carbocycles. The maximum absolute atomic E-state index is 11.9. The van der Waals surface area contributed by atoms with Crippen molar-refractivity contribution >= 4 is 17.8 Å². The van der Waals surface area contributed by atoms with Gasteiger partial charge in [0.05, 0.1) is 0 Å². The highest BCUT2D eigenvalue weighted by Crippen LogP contribution is 2.12. The molecule has 0 radical (unpaired) electrons. The Labute approximate surface area is 112 Å². The van der Waals surface area contributed by atoms with E-state index in [0.29, 0.717) is 6.08 Å². The second kappa shape index (κ2) is 6.92. The van der Waals surface area contributed by atoms with E-state index in [0.717, 1.165) is 6.08 Å². The van der Waals surface area contributed by atoms with Crippen molar-refractivity contribution in [2.45, 2.75) is 46.3 Å². The smallest absolute Gasteiger partial charge is 0.329 e. The molecule has 0 spiro atoms. The second-order valence-electron chi connectivity index (χ2n) is 5.44. The summed E-state index contributed by atoms with van der Waals surface area (Å²) in [5.74, 6) is -2.59. The molecular weight excluding hydrogens is 250 g/mol. The maximum atomic E-state index is 11.9. The van der Waals surface area contributed by atoms with Crippen molar-refractivity contribution in [1.29, 1.82) is 0 Å². The predicted octanol–water partition coefficient (Wildman–Crippen LogP) is 1.11. The summed E-state index contributed by atoms with van der Waals surface area (Å²) < 4.78 is 5.19. The van der Waals surface area contributed by atoms with Gasteiger partial charge in [-0.05, 0) is 26.7 Å². The molecule has 108 valence electrons. The van der Waals surface area contributed by atoms with Crippen LogP contribution in [-0.4, -0.2) is 34.6 Å². The average Bonchev–Trinajstić information content (AvgIpc) is 2.19. The summed E-state index contributed by atoms with van der Waals surface area (Å²) in [6, 6.07) is -0.815. The van der Waals surface area contributed by atoms with Crippen LogP contribution < -0.4 is 5.32 Å². The molecule has 0 rings (SSSR count). The van der Waals surface area contributed by atoms with Gasteiger partial charge in [-0.1, -0.05) is 13.8 Å². The number of hydrogen-bond donors (Lipinski definition) is 2. The lowest BCUT2D eigenvalue weighted by atomic mass is 10.0. The summed E-state index contributed by atoms with van der Waals surface area (Å²) in [7, 11) is 0. The Balaban J connectivity index is 4.71. The van der Waals surface area contributed by atoms with E-state index in [1.54, 1.807) is 34.6 Å². The zero-order chi connectivity index (χ0) is 15.2. The Bertz CT molecular complexity index is 379. The molecule has 6 heteroatoms. The largest absolute Gasteiger partial charge is 0.478 e. The van der Waals surface area contributed by atoms with Gasteiger partial charge in [-0.2, -0.15) is 0 Å². The van der Waals surface area contributed by atoms with Crippen LogP contribution in [0.1, 0.15) is 34.6 Å². The highest BCUT2D eigenvalue weighted by atomic mass is 16.6. The van der Waals surface area contributed by atoms with E-state index in [4.69, 9.17) is 9.84 Å². The van der Waals surface area contributed by atoms with Crippen LogP contribution in [0.3, 0.4) is 0 Å². The third-order valence-corrected chi connectivity index (χ3v) is 2.00. The summed E-state index contributed by atoms with van der Waals surface area (Å²) >= 11 is 0. The van der Waals surface area contributed by atoms with Gasteiger partial charge in [0.25, 0.3) is 0 Å². The molecule has 1 atom stereocenters. The molecule has 0 heterocycles. The lowest BCUT2D eigenvalue weighted by Crippen LogP contribution is -2.46. The molecule has 0 aliphatic heterocycles. The maximum Gasteiger partial charge on any atom is 0.329 e. The highest BCUT2D eigenvalue weighted by Gasteiger charge is 2.28. The van der Waals surface area contributed by atoms with Crippen LogP contribution in [0.15, 0.2) is 12.2 Å². The predicted molar refractivity (Wildman–Crippen MR) is 69.4 cm³/mol. The van der Waals surface area contributed by atoms with E-state index >= 15 is 0 Å². The monoisotopic (exact) mass is 271 g/mol. The van der Waals surface area contributed by atoms with E-state index in [1.807, 2.05) is 0 Å². The fourth-order valence-electron chi connectivity index (χ4n) is 1.21. The number of nitrogens with one attached hydrogen (secondary N) is 1. The molecule has 0 bridgehead atoms. The third kappa shape index (κ3) is 7.96. The van der Waals surface area contributed by atoms with Crippen molar-refractivity contribution in [3.05, 3.63) is 12.2 Å². The Morgan fingerprint density at radius 2 is 1.68 bits per heavy atom. The van der Waals surface area contributed by atoms with Crippen molar-refractivity contribution in [3.63, 3.8) is 0 Å². The molecule has 0 aromatic rings. The number of aliphatic carboxylic acids is 1. The number of hydrogen-bond acceptors (Lipinski definition) is 4. The lowest BCUT2D eigenvalue weighted by Gasteiger charge is -2.26. The van der Waals surface area contributed by atoms with E-state index in [2.05, 4.69) is 5.32 Å². The molecule has 19 heavy (non-hydrogen) atoms. The molecule has 1 unspecified atom stereocenters. The molecular formula is C13H21NO5. The van der Waals surface area contributed by atoms with Gasteiger partial charge in [0.2, 0.25) is 5.91 Å². The molecule has 0 aromatic carbocycles. The number of esters is 1. The summed E-state index contributed by atoms with van der Waals surface area (Å²) in [5, 5.41) is 10.8. The Kier molecular flexibility index (Phi) is 6.24. The van der Waals surface area contributed by atoms with Crippen LogP contribution in [0.2, 0.25) is 0 Å². The van der Waals surface area contributed by atoms with Crippen LogP contribution in [0.25, 0.3) is 0 Å². The van der Waals surface area contributed by atoms with Crippen LogP contribution in [0, 0.1) is 5.92 Å². The number of carboxylic acid groups (broad SMARTS) is 1. The molecule has 0 aliphatic rings. The standard InChI is InChI=1S/C13H21NO5/c1-8(2)11(12(18)19-13(3,4)5)14-9(15)6-7-10(16)17/h6-8,11H,1-5H3,(H,14,15)(H,16,17)/b7-6-. The number of carboxylic acids is 1. The summed E-state index contributed by atoms with van der Waals surface area (Å²) in [5.41, 5.74) is -0.647. The fraction of sp³-hybridized carbons (Fsp3) is 0.615. The van der Waals surface area contributed by atoms with Crippen LogP contribution in [0.4, 0.5) is 0 Å². The quantitative estimate of drug-likeness (QED) is 0.577. The van der Waals surface area contributed by atoms with E-state index in [1.165, 1.54) is 0 Å². The number of carbonyl (C=O) groups excluding carboxylic acids is 2. The summed E-state index contributed by atoms with van der Waals surface area (Å²) in [6.07, 6.45) is 1.57. The average molecular weight is 271 g/mol. The minimum absolute atomic E-state index is 0.169. The van der Waals surface area contributed by atoms with Crippen LogP contribution >= 0.6 is 0 Å². The van der Waals surface area contributed by atoms with Crippen molar-refractivity contribution in [3.8, 4) is 0 Å². The Morgan fingerprint density at radius 3 is 2.05 bits per heavy atom. The third-order valence-electron chi connectivity index (χ3n) is 2.00. The second-order valence-corrected chi connectivity index (χ2v) is 5.44. The Hall–Kier alpha value is -1.85. The summed E-state index contributed by atoms with van der Waals surface area (Å²) in [4.78, 5) is 33.6. The zero-order valence-corrected chi connectivity index (χ0v) is 11.9. The molecule has 1 amide bonds. The van der Waals surface area contributed by atoms with Gasteiger partial charge in [0.1, 0.15) is 11.6 Å². The van der Waals surface area contributed by atoms with Gasteiger partial charge in [0, 0.05) is 12.2 Å². The van der Waals surface area contributed by atoms with Crippen molar-refractivity contribution in [2.24, 2.45) is 5.92 Å². The van der Waals surface area contributed by atoms with E-state index in [-0.39, 0.29) is 5.92 Å². The zero-order valence-electron chi connectivity index (χ0n) is 11.9. The fourth-order valence-corrected chi connectivity index (χ4v) is 1.21.